The maximum atomic E-state index is 12.2. The van der Waals surface area contributed by atoms with Gasteiger partial charge >= 0.3 is 0 Å². The predicted octanol–water partition coefficient (Wildman–Crippen LogP) is 0.775. The van der Waals surface area contributed by atoms with Gasteiger partial charge in [0, 0.05) is 18.8 Å². The molecule has 0 radical (unpaired) electrons. The first-order chi connectivity index (χ1) is 10.1. The Bertz CT molecular complexity index is 501. The van der Waals surface area contributed by atoms with Crippen LogP contribution in [-0.2, 0) is 9.59 Å². The van der Waals surface area contributed by atoms with Crippen molar-refractivity contribution in [3.05, 3.63) is 24.3 Å². The Morgan fingerprint density at radius 3 is 2.81 bits per heavy atom. The lowest BCUT2D eigenvalue weighted by atomic mass is 10.1. The van der Waals surface area contributed by atoms with Gasteiger partial charge in [-0.05, 0) is 30.7 Å². The molecule has 2 amide bonds. The smallest absolute Gasteiger partial charge is 0.242 e. The van der Waals surface area contributed by atoms with Crippen LogP contribution in [0.1, 0.15) is 19.8 Å². The average molecular weight is 291 g/mol. The van der Waals surface area contributed by atoms with E-state index in [1.165, 1.54) is 0 Å². The van der Waals surface area contributed by atoms with Gasteiger partial charge in [-0.15, -0.1) is 0 Å². The highest BCUT2D eigenvalue weighted by Crippen LogP contribution is 2.14. The summed E-state index contributed by atoms with van der Waals surface area (Å²) < 4.78 is 5.51. The van der Waals surface area contributed by atoms with Crippen molar-refractivity contribution in [2.75, 3.05) is 25.4 Å². The second-order valence-corrected chi connectivity index (χ2v) is 4.97. The van der Waals surface area contributed by atoms with Crippen LogP contribution < -0.4 is 15.8 Å². The molecule has 1 atom stereocenters. The fourth-order valence-electron chi connectivity index (χ4n) is 2.38. The highest BCUT2D eigenvalue weighted by atomic mass is 16.5. The van der Waals surface area contributed by atoms with E-state index in [4.69, 9.17) is 10.5 Å². The average Bonchev–Trinajstić information content (AvgIpc) is 2.49. The Balaban J connectivity index is 1.83. The van der Waals surface area contributed by atoms with Crippen LogP contribution in [0.25, 0.3) is 0 Å². The molecular weight excluding hydrogens is 270 g/mol. The highest BCUT2D eigenvalue weighted by Gasteiger charge is 2.31. The number of nitrogens with two attached hydrogens (primary N) is 1. The topological polar surface area (TPSA) is 84.7 Å². The predicted molar refractivity (Wildman–Crippen MR) is 79.8 cm³/mol. The van der Waals surface area contributed by atoms with Gasteiger partial charge in [0.15, 0.2) is 0 Å². The van der Waals surface area contributed by atoms with E-state index in [0.29, 0.717) is 30.9 Å². The molecule has 1 aromatic rings. The largest absolute Gasteiger partial charge is 0.493 e. The SMILES string of the molecule is CCC1C(=O)NCCN1C(=O)CCOc1ccc(N)cc1. The van der Waals surface area contributed by atoms with E-state index in [0.717, 1.165) is 0 Å². The lowest BCUT2D eigenvalue weighted by Gasteiger charge is -2.34. The molecule has 1 aliphatic rings. The van der Waals surface area contributed by atoms with Crippen molar-refractivity contribution in [2.45, 2.75) is 25.8 Å². The number of nitrogens with one attached hydrogen (secondary N) is 1. The summed E-state index contributed by atoms with van der Waals surface area (Å²) in [6.07, 6.45) is 0.880. The number of amides is 2. The molecule has 0 aliphatic carbocycles. The first-order valence-electron chi connectivity index (χ1n) is 7.17. The second kappa shape index (κ2) is 6.97. The van der Waals surface area contributed by atoms with Crippen molar-refractivity contribution in [2.24, 2.45) is 0 Å². The van der Waals surface area contributed by atoms with E-state index in [1.54, 1.807) is 29.2 Å². The third kappa shape index (κ3) is 3.87. The first-order valence-corrected chi connectivity index (χ1v) is 7.17. The molecule has 6 nitrogen and oxygen atoms in total. The minimum absolute atomic E-state index is 0.0489. The Morgan fingerprint density at radius 2 is 2.14 bits per heavy atom. The third-order valence-corrected chi connectivity index (χ3v) is 3.50. The number of anilines is 1. The number of hydrogen-bond donors (Lipinski definition) is 2. The van der Waals surface area contributed by atoms with Crippen LogP contribution in [0.15, 0.2) is 24.3 Å². The molecule has 1 unspecified atom stereocenters. The van der Waals surface area contributed by atoms with Crippen molar-refractivity contribution in [1.82, 2.24) is 10.2 Å². The number of benzene rings is 1. The normalized spacial score (nSPS) is 18.2. The quantitative estimate of drug-likeness (QED) is 0.785. The number of carbonyl (C=O) groups excluding carboxylic acids is 2. The summed E-state index contributed by atoms with van der Waals surface area (Å²) >= 11 is 0. The minimum atomic E-state index is -0.359. The number of nitrogen functional groups attached to an aromatic ring is 1. The zero-order valence-corrected chi connectivity index (χ0v) is 12.2. The summed E-state index contributed by atoms with van der Waals surface area (Å²) in [6, 6.07) is 6.67. The van der Waals surface area contributed by atoms with E-state index in [1.807, 2.05) is 6.92 Å². The minimum Gasteiger partial charge on any atom is -0.493 e. The van der Waals surface area contributed by atoms with Gasteiger partial charge in [0.05, 0.1) is 13.0 Å². The van der Waals surface area contributed by atoms with E-state index in [9.17, 15) is 9.59 Å². The second-order valence-electron chi connectivity index (χ2n) is 4.97. The van der Waals surface area contributed by atoms with E-state index < -0.39 is 0 Å². The van der Waals surface area contributed by atoms with Crippen LogP contribution in [0.4, 0.5) is 5.69 Å². The number of hydrogen-bond acceptors (Lipinski definition) is 4. The molecule has 0 bridgehead atoms. The molecule has 1 heterocycles. The van der Waals surface area contributed by atoms with Crippen molar-refractivity contribution in [1.29, 1.82) is 0 Å². The van der Waals surface area contributed by atoms with Gasteiger partial charge in [-0.1, -0.05) is 6.92 Å². The molecule has 114 valence electrons. The van der Waals surface area contributed by atoms with Gasteiger partial charge < -0.3 is 20.7 Å². The fourth-order valence-corrected chi connectivity index (χ4v) is 2.38. The van der Waals surface area contributed by atoms with Crippen molar-refractivity contribution in [3.63, 3.8) is 0 Å². The molecule has 1 aliphatic heterocycles. The maximum absolute atomic E-state index is 12.2. The summed E-state index contributed by atoms with van der Waals surface area (Å²) in [6.45, 7) is 3.27. The highest BCUT2D eigenvalue weighted by molar-refractivity contribution is 5.88. The molecule has 6 heteroatoms. The van der Waals surface area contributed by atoms with Crippen LogP contribution >= 0.6 is 0 Å². The van der Waals surface area contributed by atoms with Crippen LogP contribution in [0.3, 0.4) is 0 Å². The lowest BCUT2D eigenvalue weighted by Crippen LogP contribution is -2.57. The Hall–Kier alpha value is -2.24. The summed E-state index contributed by atoms with van der Waals surface area (Å²) in [5.74, 6) is 0.559. The monoisotopic (exact) mass is 291 g/mol. The van der Waals surface area contributed by atoms with Crippen molar-refractivity contribution >= 4 is 17.5 Å². The number of carbonyl (C=O) groups is 2. The van der Waals surface area contributed by atoms with E-state index in [2.05, 4.69) is 5.32 Å². The number of rotatable bonds is 5. The maximum Gasteiger partial charge on any atom is 0.242 e. The van der Waals surface area contributed by atoms with E-state index in [-0.39, 0.29) is 30.9 Å². The molecule has 0 spiro atoms. The van der Waals surface area contributed by atoms with Gasteiger partial charge in [-0.3, -0.25) is 9.59 Å². The van der Waals surface area contributed by atoms with Crippen LogP contribution in [-0.4, -0.2) is 42.5 Å². The molecule has 2 rings (SSSR count). The molecule has 1 aromatic carbocycles. The summed E-state index contributed by atoms with van der Waals surface area (Å²) in [5.41, 5.74) is 6.26. The molecule has 21 heavy (non-hydrogen) atoms. The van der Waals surface area contributed by atoms with Gasteiger partial charge in [-0.25, -0.2) is 0 Å². The zero-order valence-electron chi connectivity index (χ0n) is 12.2. The fraction of sp³-hybridized carbons (Fsp3) is 0.467. The molecule has 1 saturated heterocycles. The summed E-state index contributed by atoms with van der Waals surface area (Å²) in [5, 5.41) is 2.78. The van der Waals surface area contributed by atoms with Gasteiger partial charge in [0.1, 0.15) is 11.8 Å². The Morgan fingerprint density at radius 1 is 1.43 bits per heavy atom. The third-order valence-electron chi connectivity index (χ3n) is 3.50. The van der Waals surface area contributed by atoms with Crippen LogP contribution in [0, 0.1) is 0 Å². The summed E-state index contributed by atoms with van der Waals surface area (Å²) in [7, 11) is 0. The number of nitrogens with zero attached hydrogens (tertiary/aromatic N) is 1. The van der Waals surface area contributed by atoms with Gasteiger partial charge in [0.2, 0.25) is 11.8 Å². The Kier molecular flexibility index (Phi) is 5.03. The first kappa shape index (κ1) is 15.2. The van der Waals surface area contributed by atoms with Gasteiger partial charge in [0.25, 0.3) is 0 Å². The zero-order chi connectivity index (χ0) is 15.2. The van der Waals surface area contributed by atoms with Crippen molar-refractivity contribution in [3.8, 4) is 5.75 Å². The molecule has 0 saturated carbocycles. The molecule has 3 N–H and O–H groups in total. The lowest BCUT2D eigenvalue weighted by molar-refractivity contribution is -0.143. The van der Waals surface area contributed by atoms with Gasteiger partial charge in [-0.2, -0.15) is 0 Å². The van der Waals surface area contributed by atoms with E-state index >= 15 is 0 Å². The molecular formula is C15H21N3O3. The summed E-state index contributed by atoms with van der Waals surface area (Å²) in [4.78, 5) is 25.6. The van der Waals surface area contributed by atoms with Crippen LogP contribution in [0.2, 0.25) is 0 Å². The molecule has 0 aromatic heterocycles. The van der Waals surface area contributed by atoms with Crippen LogP contribution in [0.5, 0.6) is 5.75 Å². The number of ether oxygens (including phenoxy) is 1. The number of piperazine rings is 1. The van der Waals surface area contributed by atoms with Crippen molar-refractivity contribution < 1.29 is 14.3 Å². The molecule has 1 fully saturated rings. The standard InChI is InChI=1S/C15H21N3O3/c1-2-13-15(20)17-8-9-18(13)14(19)7-10-21-12-5-3-11(16)4-6-12/h3-6,13H,2,7-10,16H2,1H3,(H,17,20). The Labute approximate surface area is 124 Å².